The monoisotopic (exact) mass is 739 g/mol. The number of aromatic nitrogens is 4. The Balaban J connectivity index is 1.19. The molecule has 0 amide bonds. The van der Waals surface area contributed by atoms with Crippen LogP contribution in [0.25, 0.3) is 71.2 Å². The van der Waals surface area contributed by atoms with Crippen molar-refractivity contribution in [1.29, 1.82) is 10.5 Å². The number of rotatable bonds is 2. The maximum absolute atomic E-state index is 9.84. The first-order valence-electron chi connectivity index (χ1n) is 18.8. The number of hydrogen-bond donors (Lipinski definition) is 0. The van der Waals surface area contributed by atoms with Gasteiger partial charge in [-0.15, -0.1) is 0 Å². The van der Waals surface area contributed by atoms with Crippen molar-refractivity contribution >= 4 is 49.3 Å². The Bertz CT molecular complexity index is 3540. The van der Waals surface area contributed by atoms with Gasteiger partial charge in [0.2, 0.25) is 0 Å². The van der Waals surface area contributed by atoms with E-state index in [1.165, 1.54) is 0 Å². The first-order chi connectivity index (χ1) is 28.6. The fourth-order valence-electron chi connectivity index (χ4n) is 9.63. The molecule has 1 aliphatic carbocycles. The minimum absolute atomic E-state index is 0.544. The number of para-hydroxylation sites is 3. The third-order valence-electron chi connectivity index (χ3n) is 11.9. The van der Waals surface area contributed by atoms with Crippen molar-refractivity contribution in [2.24, 2.45) is 0 Å². The van der Waals surface area contributed by atoms with Crippen LogP contribution in [0.5, 0.6) is 11.5 Å². The molecule has 4 aromatic heterocycles. The average molecular weight is 740 g/mol. The Morgan fingerprint density at radius 1 is 0.569 bits per heavy atom. The molecule has 6 aromatic carbocycles. The summed E-state index contributed by atoms with van der Waals surface area (Å²) in [6.45, 7) is 7.74. The van der Waals surface area contributed by atoms with E-state index in [1.54, 1.807) is 0 Å². The van der Waals surface area contributed by atoms with Crippen molar-refractivity contribution in [2.45, 2.75) is 5.41 Å². The van der Waals surface area contributed by atoms with E-state index in [-0.39, 0.29) is 0 Å². The van der Waals surface area contributed by atoms with Gasteiger partial charge in [0.1, 0.15) is 5.75 Å². The highest BCUT2D eigenvalue weighted by molar-refractivity contribution is 6.11. The molecule has 0 fully saturated rings. The van der Waals surface area contributed by atoms with Crippen LogP contribution >= 0.6 is 0 Å². The van der Waals surface area contributed by atoms with Crippen LogP contribution in [0.3, 0.4) is 0 Å². The van der Waals surface area contributed by atoms with E-state index in [1.807, 2.05) is 97.3 Å². The molecule has 10 aromatic rings. The number of hydrogen-bond acceptors (Lipinski definition) is 5. The number of pyridine rings is 2. The summed E-state index contributed by atoms with van der Waals surface area (Å²) in [5, 5.41) is 23.5. The summed E-state index contributed by atoms with van der Waals surface area (Å²) in [5.41, 5.74) is 11.8. The van der Waals surface area contributed by atoms with Crippen molar-refractivity contribution in [3.63, 3.8) is 0 Å². The fourth-order valence-corrected chi connectivity index (χ4v) is 9.63. The molecule has 1 atom stereocenters. The second-order valence-electron chi connectivity index (χ2n) is 14.7. The number of fused-ring (bicyclic) bond motifs is 15. The van der Waals surface area contributed by atoms with Crippen molar-refractivity contribution < 1.29 is 4.74 Å². The highest BCUT2D eigenvalue weighted by atomic mass is 16.5. The Labute approximate surface area is 331 Å². The molecule has 2 aliphatic rings. The molecule has 8 heteroatoms. The summed E-state index contributed by atoms with van der Waals surface area (Å²) in [6.07, 6.45) is 3.71. The van der Waals surface area contributed by atoms with E-state index in [0.717, 1.165) is 100 Å². The second-order valence-corrected chi connectivity index (χ2v) is 14.7. The van der Waals surface area contributed by atoms with Gasteiger partial charge in [0.05, 0.1) is 86.3 Å². The standard InChI is InChI=1S/C50H25N7O/c1-53-31-17-20-44-36(24-31)33-8-2-4-12-41(33)57(44)45-13-6-10-39-49(45)58-46-14-5-3-9-37(46)50(39)38-11-7-21-54-47(38)48-40(50)25-32(28-55-48)56-42-18-15-29(26-51)22-34(42)35-23-30(27-52)16-19-43(35)56/h2-25,28H. The fraction of sp³-hybridized carbons (Fsp3) is 0.0200. The highest BCUT2D eigenvalue weighted by Gasteiger charge is 2.53. The zero-order chi connectivity index (χ0) is 38.7. The number of nitrogens with zero attached hydrogens (tertiary/aromatic N) is 7. The second kappa shape index (κ2) is 11.5. The molecule has 0 saturated heterocycles. The molecular formula is C50H25N7O. The Kier molecular flexibility index (Phi) is 6.31. The molecule has 0 saturated carbocycles. The molecule has 12 rings (SSSR count). The van der Waals surface area contributed by atoms with E-state index >= 15 is 0 Å². The maximum atomic E-state index is 9.84. The first kappa shape index (κ1) is 31.8. The van der Waals surface area contributed by atoms with E-state index in [9.17, 15) is 10.5 Å². The van der Waals surface area contributed by atoms with Gasteiger partial charge in [-0.05, 0) is 89.8 Å². The van der Waals surface area contributed by atoms with Gasteiger partial charge in [-0.3, -0.25) is 9.97 Å². The molecule has 0 bridgehead atoms. The van der Waals surface area contributed by atoms with Gasteiger partial charge in [-0.2, -0.15) is 10.5 Å². The number of ether oxygens (including phenoxy) is 1. The summed E-state index contributed by atoms with van der Waals surface area (Å²) < 4.78 is 11.5. The van der Waals surface area contributed by atoms with Gasteiger partial charge in [0.15, 0.2) is 11.4 Å². The molecular weight excluding hydrogens is 715 g/mol. The molecule has 0 radical (unpaired) electrons. The number of benzene rings is 6. The lowest BCUT2D eigenvalue weighted by molar-refractivity contribution is 0.434. The topological polar surface area (TPSA) is 96.8 Å². The van der Waals surface area contributed by atoms with Crippen LogP contribution in [0.2, 0.25) is 0 Å². The van der Waals surface area contributed by atoms with Gasteiger partial charge in [-0.1, -0.05) is 60.7 Å². The van der Waals surface area contributed by atoms with Crippen LogP contribution in [0.4, 0.5) is 5.69 Å². The third kappa shape index (κ3) is 3.98. The SMILES string of the molecule is [C-]#[N+]c1ccc2c(c1)c1ccccc1n2-c1cccc2c1Oc1ccccc1C21c2cccnc2-c2ncc(-n3c4ccc(C#N)cc4c4cc(C#N)ccc43)cc21. The Hall–Kier alpha value is -8.51. The smallest absolute Gasteiger partial charge is 0.188 e. The lowest BCUT2D eigenvalue weighted by atomic mass is 9.66. The Morgan fingerprint density at radius 3 is 2.02 bits per heavy atom. The van der Waals surface area contributed by atoms with Crippen LogP contribution in [-0.4, -0.2) is 19.1 Å². The average Bonchev–Trinajstić information content (AvgIpc) is 3.89. The van der Waals surface area contributed by atoms with Gasteiger partial charge >= 0.3 is 0 Å². The van der Waals surface area contributed by atoms with Crippen molar-refractivity contribution in [3.8, 4) is 46.4 Å². The van der Waals surface area contributed by atoms with Crippen molar-refractivity contribution in [2.75, 3.05) is 0 Å². The Morgan fingerprint density at radius 2 is 1.22 bits per heavy atom. The summed E-state index contributed by atoms with van der Waals surface area (Å²) in [4.78, 5) is 14.0. The molecule has 8 nitrogen and oxygen atoms in total. The molecule has 5 heterocycles. The summed E-state index contributed by atoms with van der Waals surface area (Å²) in [5.74, 6) is 1.45. The summed E-state index contributed by atoms with van der Waals surface area (Å²) in [6, 6.07) is 51.1. The molecule has 0 N–H and O–H groups in total. The van der Waals surface area contributed by atoms with Gasteiger partial charge < -0.3 is 13.9 Å². The lowest BCUT2D eigenvalue weighted by Gasteiger charge is -2.39. The maximum Gasteiger partial charge on any atom is 0.188 e. The predicted octanol–water partition coefficient (Wildman–Crippen LogP) is 11.4. The normalized spacial score (nSPS) is 14.7. The van der Waals surface area contributed by atoms with Gasteiger partial charge in [-0.25, -0.2) is 4.85 Å². The lowest BCUT2D eigenvalue weighted by Crippen LogP contribution is -2.32. The summed E-state index contributed by atoms with van der Waals surface area (Å²) in [7, 11) is 0. The first-order valence-corrected chi connectivity index (χ1v) is 18.8. The van der Waals surface area contributed by atoms with Crippen LogP contribution in [0, 0.1) is 29.2 Å². The molecule has 58 heavy (non-hydrogen) atoms. The predicted molar refractivity (Wildman–Crippen MR) is 224 cm³/mol. The quantitative estimate of drug-likeness (QED) is 0.164. The van der Waals surface area contributed by atoms with Gasteiger partial charge in [0.25, 0.3) is 0 Å². The van der Waals surface area contributed by atoms with Crippen LogP contribution in [0.1, 0.15) is 33.4 Å². The van der Waals surface area contributed by atoms with Crippen LogP contribution in [0.15, 0.2) is 152 Å². The largest absolute Gasteiger partial charge is 0.454 e. The van der Waals surface area contributed by atoms with Gasteiger partial charge in [0, 0.05) is 39.0 Å². The number of nitriles is 2. The van der Waals surface area contributed by atoms with Crippen molar-refractivity contribution in [3.05, 3.63) is 197 Å². The zero-order valence-electron chi connectivity index (χ0n) is 30.5. The minimum atomic E-state index is -0.876. The zero-order valence-corrected chi connectivity index (χ0v) is 30.5. The molecule has 266 valence electrons. The summed E-state index contributed by atoms with van der Waals surface area (Å²) >= 11 is 0. The van der Waals surface area contributed by atoms with E-state index in [4.69, 9.17) is 21.3 Å². The van der Waals surface area contributed by atoms with Crippen LogP contribution in [-0.2, 0) is 5.41 Å². The molecule has 1 spiro atoms. The van der Waals surface area contributed by atoms with E-state index < -0.39 is 5.41 Å². The van der Waals surface area contributed by atoms with E-state index in [0.29, 0.717) is 16.8 Å². The molecule has 1 unspecified atom stereocenters. The molecule has 1 aliphatic heterocycles. The highest BCUT2D eigenvalue weighted by Crippen LogP contribution is 2.62. The van der Waals surface area contributed by atoms with Crippen LogP contribution < -0.4 is 4.74 Å². The van der Waals surface area contributed by atoms with Crippen molar-refractivity contribution in [1.82, 2.24) is 19.1 Å². The van der Waals surface area contributed by atoms with E-state index in [2.05, 4.69) is 80.7 Å². The minimum Gasteiger partial charge on any atom is -0.454 e. The third-order valence-corrected chi connectivity index (χ3v) is 11.9.